The third-order valence-corrected chi connectivity index (χ3v) is 4.16. The molecule has 1 aromatic carbocycles. The second-order valence-electron chi connectivity index (χ2n) is 5.15. The Hall–Kier alpha value is -2.40. The molecule has 2 heterocycles. The van der Waals surface area contributed by atoms with Crippen molar-refractivity contribution in [2.75, 3.05) is 5.32 Å². The first-order chi connectivity index (χ1) is 10.7. The van der Waals surface area contributed by atoms with Crippen LogP contribution in [0.2, 0.25) is 0 Å². The molecule has 0 saturated carbocycles. The predicted molar refractivity (Wildman–Crippen MR) is 89.1 cm³/mol. The minimum absolute atomic E-state index is 0.0186. The Morgan fingerprint density at radius 1 is 1.32 bits per heavy atom. The number of carbonyl (C=O) groups excluding carboxylic acids is 1. The summed E-state index contributed by atoms with van der Waals surface area (Å²) in [6, 6.07) is 12.2. The average molecular weight is 311 g/mol. The zero-order valence-electron chi connectivity index (χ0n) is 12.3. The maximum Gasteiger partial charge on any atom is 0.228 e. The monoisotopic (exact) mass is 311 g/mol. The number of hydrogen-bond donors (Lipinski definition) is 1. The van der Waals surface area contributed by atoms with Crippen LogP contribution in [0.15, 0.2) is 60.4 Å². The summed E-state index contributed by atoms with van der Waals surface area (Å²) >= 11 is 1.42. The number of nitrogens with zero attached hydrogens (tertiary/aromatic N) is 2. The fraction of sp³-hybridized carbons (Fsp3) is 0.176. The molecule has 0 aliphatic carbocycles. The van der Waals surface area contributed by atoms with Crippen molar-refractivity contribution in [2.45, 2.75) is 19.4 Å². The lowest BCUT2D eigenvalue weighted by atomic mass is 10.0. The number of rotatable bonds is 5. The van der Waals surface area contributed by atoms with E-state index < -0.39 is 0 Å². The summed E-state index contributed by atoms with van der Waals surface area (Å²) in [6.45, 7) is 2.06. The van der Waals surface area contributed by atoms with Crippen LogP contribution in [-0.2, 0) is 4.79 Å². The second-order valence-corrected chi connectivity index (χ2v) is 6.04. The third-order valence-electron chi connectivity index (χ3n) is 3.47. The van der Waals surface area contributed by atoms with Crippen LogP contribution < -0.4 is 5.32 Å². The van der Waals surface area contributed by atoms with Crippen molar-refractivity contribution in [3.8, 4) is 0 Å². The van der Waals surface area contributed by atoms with Crippen molar-refractivity contribution in [2.24, 2.45) is 0 Å². The van der Waals surface area contributed by atoms with Crippen LogP contribution >= 0.6 is 11.3 Å². The van der Waals surface area contributed by atoms with Gasteiger partial charge in [0.15, 0.2) is 5.13 Å². The maximum absolute atomic E-state index is 12.3. The molecule has 1 atom stereocenters. The highest BCUT2D eigenvalue weighted by atomic mass is 32.1. The van der Waals surface area contributed by atoms with Gasteiger partial charge in [-0.15, -0.1) is 11.3 Å². The molecule has 0 bridgehead atoms. The zero-order chi connectivity index (χ0) is 15.4. The van der Waals surface area contributed by atoms with Gasteiger partial charge < -0.3 is 9.88 Å². The highest BCUT2D eigenvalue weighted by Crippen LogP contribution is 2.24. The van der Waals surface area contributed by atoms with E-state index in [0.29, 0.717) is 11.6 Å². The van der Waals surface area contributed by atoms with Gasteiger partial charge in [0.05, 0.1) is 12.5 Å². The number of nitrogens with one attached hydrogen (secondary N) is 1. The van der Waals surface area contributed by atoms with Crippen LogP contribution in [0.4, 0.5) is 5.13 Å². The molecule has 0 fully saturated rings. The molecule has 1 amide bonds. The number of aryl methyl sites for hydroxylation is 1. The lowest BCUT2D eigenvalue weighted by molar-refractivity contribution is -0.116. The van der Waals surface area contributed by atoms with Gasteiger partial charge >= 0.3 is 0 Å². The third kappa shape index (κ3) is 3.43. The highest BCUT2D eigenvalue weighted by Gasteiger charge is 2.18. The van der Waals surface area contributed by atoms with Crippen LogP contribution in [0.25, 0.3) is 0 Å². The predicted octanol–water partition coefficient (Wildman–Crippen LogP) is 3.87. The van der Waals surface area contributed by atoms with Gasteiger partial charge in [-0.3, -0.25) is 4.79 Å². The van der Waals surface area contributed by atoms with Crippen LogP contribution in [-0.4, -0.2) is 15.5 Å². The standard InChI is InChI=1S/C17H17N3OS/c1-13-5-4-6-14(11-13)15(20-8-2-3-9-20)12-16(21)19-17-18-7-10-22-17/h2-11,15H,12H2,1H3,(H,18,19,21). The minimum Gasteiger partial charge on any atom is -0.346 e. The van der Waals surface area contributed by atoms with E-state index in [-0.39, 0.29) is 11.9 Å². The van der Waals surface area contributed by atoms with Crippen molar-refractivity contribution in [3.05, 3.63) is 71.5 Å². The van der Waals surface area contributed by atoms with E-state index in [2.05, 4.69) is 40.0 Å². The molecule has 1 unspecified atom stereocenters. The molecule has 2 aromatic heterocycles. The van der Waals surface area contributed by atoms with E-state index in [1.165, 1.54) is 16.9 Å². The molecule has 1 N–H and O–H groups in total. The van der Waals surface area contributed by atoms with Gasteiger partial charge in [0.1, 0.15) is 0 Å². The average Bonchev–Trinajstić information content (AvgIpc) is 3.18. The molecular weight excluding hydrogens is 294 g/mol. The fourth-order valence-electron chi connectivity index (χ4n) is 2.46. The van der Waals surface area contributed by atoms with E-state index >= 15 is 0 Å². The van der Waals surface area contributed by atoms with Gasteiger partial charge in [0, 0.05) is 24.0 Å². The summed E-state index contributed by atoms with van der Waals surface area (Å²) in [5.74, 6) is -0.0323. The lowest BCUT2D eigenvalue weighted by Crippen LogP contribution is -2.19. The van der Waals surface area contributed by atoms with Crippen LogP contribution in [0.5, 0.6) is 0 Å². The number of aromatic nitrogens is 2. The van der Waals surface area contributed by atoms with Gasteiger partial charge in [-0.1, -0.05) is 29.8 Å². The summed E-state index contributed by atoms with van der Waals surface area (Å²) in [5.41, 5.74) is 2.32. The first-order valence-electron chi connectivity index (χ1n) is 7.11. The topological polar surface area (TPSA) is 46.9 Å². The van der Waals surface area contributed by atoms with E-state index in [9.17, 15) is 4.79 Å². The van der Waals surface area contributed by atoms with Crippen LogP contribution in [0.1, 0.15) is 23.6 Å². The molecule has 0 aliphatic heterocycles. The molecule has 3 aromatic rings. The Bertz CT molecular complexity index is 735. The van der Waals surface area contributed by atoms with Crippen LogP contribution in [0, 0.1) is 6.92 Å². The number of hydrogen-bond acceptors (Lipinski definition) is 3. The van der Waals surface area contributed by atoms with E-state index in [4.69, 9.17) is 0 Å². The van der Waals surface area contributed by atoms with Gasteiger partial charge in [-0.25, -0.2) is 4.98 Å². The van der Waals surface area contributed by atoms with E-state index in [1.807, 2.05) is 36.0 Å². The van der Waals surface area contributed by atoms with Crippen molar-refractivity contribution < 1.29 is 4.79 Å². The Balaban J connectivity index is 1.82. The SMILES string of the molecule is Cc1cccc(C(CC(=O)Nc2nccs2)n2cccc2)c1. The Morgan fingerprint density at radius 3 is 2.82 bits per heavy atom. The van der Waals surface area contributed by atoms with Gasteiger partial charge in [0.2, 0.25) is 5.91 Å². The summed E-state index contributed by atoms with van der Waals surface area (Å²) in [6.07, 6.45) is 6.04. The fourth-order valence-corrected chi connectivity index (χ4v) is 3.00. The Morgan fingerprint density at radius 2 is 2.14 bits per heavy atom. The van der Waals surface area contributed by atoms with Crippen molar-refractivity contribution >= 4 is 22.4 Å². The molecule has 5 heteroatoms. The zero-order valence-corrected chi connectivity index (χ0v) is 13.1. The molecular formula is C17H17N3OS. The summed E-state index contributed by atoms with van der Waals surface area (Å²) < 4.78 is 2.07. The first-order valence-corrected chi connectivity index (χ1v) is 7.99. The Kier molecular flexibility index (Phi) is 4.34. The lowest BCUT2D eigenvalue weighted by Gasteiger charge is -2.19. The van der Waals surface area contributed by atoms with Crippen molar-refractivity contribution in [1.29, 1.82) is 0 Å². The molecule has 112 valence electrons. The Labute approximate surface area is 133 Å². The summed E-state index contributed by atoms with van der Waals surface area (Å²) in [7, 11) is 0. The summed E-state index contributed by atoms with van der Waals surface area (Å²) in [5, 5.41) is 5.34. The molecule has 0 radical (unpaired) electrons. The van der Waals surface area contributed by atoms with Crippen molar-refractivity contribution in [1.82, 2.24) is 9.55 Å². The number of carbonyl (C=O) groups is 1. The maximum atomic E-state index is 12.3. The molecule has 4 nitrogen and oxygen atoms in total. The smallest absolute Gasteiger partial charge is 0.228 e. The molecule has 0 aliphatic rings. The van der Waals surface area contributed by atoms with Gasteiger partial charge in [-0.2, -0.15) is 0 Å². The van der Waals surface area contributed by atoms with E-state index in [1.54, 1.807) is 6.20 Å². The van der Waals surface area contributed by atoms with Crippen LogP contribution in [0.3, 0.4) is 0 Å². The van der Waals surface area contributed by atoms with Gasteiger partial charge in [0.25, 0.3) is 0 Å². The van der Waals surface area contributed by atoms with E-state index in [0.717, 1.165) is 5.56 Å². The molecule has 3 rings (SSSR count). The number of anilines is 1. The number of benzene rings is 1. The van der Waals surface area contributed by atoms with Crippen molar-refractivity contribution in [3.63, 3.8) is 0 Å². The quantitative estimate of drug-likeness (QED) is 0.777. The summed E-state index contributed by atoms with van der Waals surface area (Å²) in [4.78, 5) is 16.4. The number of amides is 1. The highest BCUT2D eigenvalue weighted by molar-refractivity contribution is 7.13. The largest absolute Gasteiger partial charge is 0.346 e. The first kappa shape index (κ1) is 14.5. The molecule has 0 saturated heterocycles. The van der Waals surface area contributed by atoms with Gasteiger partial charge in [-0.05, 0) is 24.6 Å². The molecule has 22 heavy (non-hydrogen) atoms. The minimum atomic E-state index is -0.0323. The number of thiazole rings is 1. The normalized spacial score (nSPS) is 12.0. The molecule has 0 spiro atoms. The second kappa shape index (κ2) is 6.58.